The topological polar surface area (TPSA) is 193 Å². The van der Waals surface area contributed by atoms with Crippen molar-refractivity contribution in [2.24, 2.45) is 5.73 Å². The molecule has 0 amide bonds. The lowest BCUT2D eigenvalue weighted by molar-refractivity contribution is -0.456. The molecule has 0 aliphatic carbocycles. The normalized spacial score (nSPS) is 10.9. The number of fused-ring (bicyclic) bond motifs is 1. The number of aryl methyl sites for hydroxylation is 1. The van der Waals surface area contributed by atoms with Gasteiger partial charge in [0.2, 0.25) is 0 Å². The maximum absolute atomic E-state index is 11.3. The third-order valence-corrected chi connectivity index (χ3v) is 5.71. The van der Waals surface area contributed by atoms with E-state index in [0.717, 1.165) is 5.56 Å². The highest BCUT2D eigenvalue weighted by molar-refractivity contribution is 7.85. The zero-order valence-electron chi connectivity index (χ0n) is 18.2. The number of nitrogens with zero attached hydrogens (tertiary/aromatic N) is 3. The van der Waals surface area contributed by atoms with Crippen molar-refractivity contribution in [2.45, 2.75) is 11.8 Å². The van der Waals surface area contributed by atoms with E-state index in [-0.39, 0.29) is 22.5 Å². The summed E-state index contributed by atoms with van der Waals surface area (Å²) >= 11 is 6.05. The van der Waals surface area contributed by atoms with Crippen LogP contribution in [0.15, 0.2) is 71.6 Å². The molecule has 3 aromatic carbocycles. The van der Waals surface area contributed by atoms with Crippen LogP contribution in [0.3, 0.4) is 0 Å². The van der Waals surface area contributed by atoms with Crippen LogP contribution in [0.2, 0.25) is 5.02 Å². The van der Waals surface area contributed by atoms with E-state index in [1.165, 1.54) is 23.5 Å². The van der Waals surface area contributed by atoms with Crippen molar-refractivity contribution < 1.29 is 23.2 Å². The highest BCUT2D eigenvalue weighted by Gasteiger charge is 2.20. The van der Waals surface area contributed by atoms with Crippen LogP contribution in [0.25, 0.3) is 22.2 Å². The molecular formula is C22H19ClN6O5S. The Hall–Kier alpha value is -3.97. The molecule has 1 aromatic heterocycles. The third-order valence-electron chi connectivity index (χ3n) is 4.63. The highest BCUT2D eigenvalue weighted by atomic mass is 35.5. The van der Waals surface area contributed by atoms with Crippen molar-refractivity contribution in [1.29, 1.82) is 5.41 Å². The van der Waals surface area contributed by atoms with Gasteiger partial charge in [0.25, 0.3) is 11.6 Å². The molecule has 0 aliphatic rings. The average molecular weight is 515 g/mol. The molecule has 0 spiro atoms. The summed E-state index contributed by atoms with van der Waals surface area (Å²) < 4.78 is 31.2. The Bertz CT molecular complexity index is 1530. The number of nitrogens with two attached hydrogens (primary N) is 2. The Morgan fingerprint density at radius 2 is 1.74 bits per heavy atom. The zero-order valence-corrected chi connectivity index (χ0v) is 19.7. The summed E-state index contributed by atoms with van der Waals surface area (Å²) in [6.07, 6.45) is 0. The van der Waals surface area contributed by atoms with E-state index in [2.05, 4.69) is 9.97 Å². The Morgan fingerprint density at radius 3 is 2.34 bits per heavy atom. The molecule has 0 saturated heterocycles. The molecule has 13 heteroatoms. The first kappa shape index (κ1) is 25.6. The van der Waals surface area contributed by atoms with Gasteiger partial charge in [0, 0.05) is 16.5 Å². The van der Waals surface area contributed by atoms with Gasteiger partial charge in [0.15, 0.2) is 0 Å². The van der Waals surface area contributed by atoms with Gasteiger partial charge in [-0.1, -0.05) is 41.4 Å². The zero-order chi connectivity index (χ0) is 25.8. The third kappa shape index (κ3) is 6.55. The number of benzene rings is 3. The minimum absolute atomic E-state index is 0.0775. The quantitative estimate of drug-likeness (QED) is 0.121. The molecular weight excluding hydrogens is 496 g/mol. The number of nitrogens with one attached hydrogen (secondary N) is 1. The fourth-order valence-corrected chi connectivity index (χ4v) is 3.71. The summed E-state index contributed by atoms with van der Waals surface area (Å²) in [4.78, 5) is 19.3. The average Bonchev–Trinajstić information content (AvgIpc) is 2.78. The first-order chi connectivity index (χ1) is 16.5. The molecule has 0 fully saturated rings. The molecule has 0 saturated carbocycles. The number of quaternary nitrogens is 1. The van der Waals surface area contributed by atoms with E-state index in [4.69, 9.17) is 22.7 Å². The molecule has 0 aliphatic heterocycles. The molecule has 1 heterocycles. The number of halogens is 1. The van der Waals surface area contributed by atoms with Crippen molar-refractivity contribution in [3.05, 3.63) is 87.4 Å². The van der Waals surface area contributed by atoms with E-state index in [1.807, 2.05) is 6.92 Å². The number of nitro benzene ring substituents is 1. The van der Waals surface area contributed by atoms with E-state index in [1.54, 1.807) is 48.5 Å². The Balaban J connectivity index is 0.000000261. The summed E-state index contributed by atoms with van der Waals surface area (Å²) in [6, 6.07) is 17.1. The van der Waals surface area contributed by atoms with E-state index in [9.17, 15) is 23.1 Å². The Kier molecular flexibility index (Phi) is 7.71. The van der Waals surface area contributed by atoms with Gasteiger partial charge in [-0.05, 0) is 43.3 Å². The summed E-state index contributed by atoms with van der Waals surface area (Å²) in [5.41, 5.74) is 7.49. The lowest BCUT2D eigenvalue weighted by atomic mass is 10.0. The number of para-hydroxylation sites is 1. The molecule has 5 N–H and O–H groups in total. The van der Waals surface area contributed by atoms with Crippen LogP contribution in [-0.2, 0) is 10.1 Å². The largest absolute Gasteiger partial charge is 0.744 e. The summed E-state index contributed by atoms with van der Waals surface area (Å²) in [5.74, 6) is -0.0118. The van der Waals surface area contributed by atoms with E-state index in [0.29, 0.717) is 27.2 Å². The van der Waals surface area contributed by atoms with Crippen LogP contribution in [0.1, 0.15) is 5.56 Å². The van der Waals surface area contributed by atoms with Crippen molar-refractivity contribution in [2.75, 3.05) is 0 Å². The fourth-order valence-electron chi connectivity index (χ4n) is 3.07. The van der Waals surface area contributed by atoms with Gasteiger partial charge in [-0.25, -0.2) is 19.1 Å². The maximum Gasteiger partial charge on any atom is 0.334 e. The van der Waals surface area contributed by atoms with Gasteiger partial charge in [-0.15, -0.1) is 0 Å². The minimum Gasteiger partial charge on any atom is -0.744 e. The highest BCUT2D eigenvalue weighted by Crippen LogP contribution is 2.34. The lowest BCUT2D eigenvalue weighted by Gasteiger charge is -2.08. The molecule has 4 aromatic rings. The second-order valence-electron chi connectivity index (χ2n) is 7.23. The Labute approximate surface area is 205 Å². The monoisotopic (exact) mass is 514 g/mol. The maximum atomic E-state index is 11.3. The number of rotatable bonds is 4. The van der Waals surface area contributed by atoms with Crippen LogP contribution >= 0.6 is 11.6 Å². The number of nitro groups is 1. The van der Waals surface area contributed by atoms with Crippen molar-refractivity contribution >= 4 is 50.2 Å². The molecule has 0 atom stereocenters. The van der Waals surface area contributed by atoms with Crippen LogP contribution in [0.5, 0.6) is 0 Å². The smallest absolute Gasteiger partial charge is 0.334 e. The molecule has 0 bridgehead atoms. The number of guanidine groups is 1. The first-order valence-corrected chi connectivity index (χ1v) is 11.7. The van der Waals surface area contributed by atoms with Crippen LogP contribution in [0.4, 0.5) is 11.6 Å². The van der Waals surface area contributed by atoms with Gasteiger partial charge in [0.1, 0.15) is 10.1 Å². The van der Waals surface area contributed by atoms with Crippen LogP contribution in [-0.4, -0.2) is 33.8 Å². The predicted molar refractivity (Wildman–Crippen MR) is 129 cm³/mol. The number of aromatic nitrogens is 2. The van der Waals surface area contributed by atoms with Crippen molar-refractivity contribution in [1.82, 2.24) is 9.97 Å². The minimum atomic E-state index is -4.27. The van der Waals surface area contributed by atoms with Gasteiger partial charge in [0.05, 0.1) is 26.6 Å². The van der Waals surface area contributed by atoms with Crippen molar-refractivity contribution in [3.8, 4) is 11.3 Å². The summed E-state index contributed by atoms with van der Waals surface area (Å²) in [6.45, 7) is 1.82. The first-order valence-electron chi connectivity index (χ1n) is 9.88. The van der Waals surface area contributed by atoms with Gasteiger partial charge in [-0.2, -0.15) is 9.97 Å². The standard InChI is InChI=1S/C15H11ClN6O2.C7H8O3S/c16-8-5-6-11-10(7-8)13(20-15(19-11)21-14(17)18)9-3-1-2-4-12(9)22(23)24;1-6-2-4-7(5-3-6)11(8,9)10/h1-7H,(H4,17,18,19,20,21);2-5H,1H3,(H,8,9,10). The molecule has 0 unspecified atom stereocenters. The summed E-state index contributed by atoms with van der Waals surface area (Å²) in [5, 5.41) is 21.0. The van der Waals surface area contributed by atoms with E-state index < -0.39 is 15.0 Å². The van der Waals surface area contributed by atoms with Crippen molar-refractivity contribution in [3.63, 3.8) is 0 Å². The lowest BCUT2D eigenvalue weighted by Crippen LogP contribution is -2.85. The van der Waals surface area contributed by atoms with Gasteiger partial charge < -0.3 is 10.3 Å². The summed E-state index contributed by atoms with van der Waals surface area (Å²) in [7, 11) is -4.27. The molecule has 4 rings (SSSR count). The van der Waals surface area contributed by atoms with Crippen LogP contribution in [0, 0.1) is 22.4 Å². The SMILES string of the molecule is Cc1ccc(S(=O)(=O)[O-])cc1.N=C(N)[NH2+]c1nc(-c2ccccc2[N+](=O)[O-])c2cc(Cl)ccc2n1. The second-order valence-corrected chi connectivity index (χ2v) is 9.05. The molecule has 11 nitrogen and oxygen atoms in total. The molecule has 35 heavy (non-hydrogen) atoms. The van der Waals surface area contributed by atoms with Crippen LogP contribution < -0.4 is 11.1 Å². The molecule has 180 valence electrons. The van der Waals surface area contributed by atoms with Gasteiger partial charge in [-0.3, -0.25) is 10.1 Å². The number of hydrogen-bond acceptors (Lipinski definition) is 8. The second kappa shape index (κ2) is 10.5. The van der Waals surface area contributed by atoms with E-state index >= 15 is 0 Å². The number of hydrogen-bond donors (Lipinski definition) is 3. The molecule has 0 radical (unpaired) electrons. The Morgan fingerprint density at radius 1 is 1.09 bits per heavy atom. The predicted octanol–water partition coefficient (Wildman–Crippen LogP) is 2.85. The van der Waals surface area contributed by atoms with Gasteiger partial charge >= 0.3 is 5.95 Å². The fraction of sp³-hybridized carbons (Fsp3) is 0.0455.